The van der Waals surface area contributed by atoms with Crippen molar-refractivity contribution in [2.75, 3.05) is 36.4 Å². The second kappa shape index (κ2) is 10.3. The number of rotatable bonds is 5. The molecule has 39 heavy (non-hydrogen) atoms. The maximum atomic E-state index is 12.9. The number of carbonyl (C=O) groups is 2. The standard InChI is InChI=1S/C31H26ClN3O4/c1-20-6-7-22(18-25(20)32)27-12-13-28(38-27)30(36)33-23-8-10-24(11-9-23)34-14-16-35(17-15-34)31(37)29-19-21-4-2-3-5-26(21)39-29/h2-13,18-19H,14-17H2,1H3,(H,33,36). The lowest BCUT2D eigenvalue weighted by atomic mass is 10.1. The molecule has 0 atom stereocenters. The van der Waals surface area contributed by atoms with Gasteiger partial charge in [-0.25, -0.2) is 0 Å². The second-order valence-corrected chi connectivity index (χ2v) is 9.96. The first kappa shape index (κ1) is 24.8. The Labute approximate surface area is 230 Å². The minimum Gasteiger partial charge on any atom is -0.451 e. The normalized spacial score (nSPS) is 13.6. The molecule has 0 aliphatic carbocycles. The summed E-state index contributed by atoms with van der Waals surface area (Å²) in [6.45, 7) is 4.54. The number of nitrogens with one attached hydrogen (secondary N) is 1. The lowest BCUT2D eigenvalue weighted by Gasteiger charge is -2.35. The van der Waals surface area contributed by atoms with Crippen LogP contribution in [0.1, 0.15) is 26.7 Å². The lowest BCUT2D eigenvalue weighted by molar-refractivity contribution is 0.0717. The van der Waals surface area contributed by atoms with Gasteiger partial charge in [0.15, 0.2) is 11.5 Å². The third-order valence-electron chi connectivity index (χ3n) is 6.98. The van der Waals surface area contributed by atoms with E-state index in [1.807, 2.05) is 78.6 Å². The van der Waals surface area contributed by atoms with E-state index in [4.69, 9.17) is 20.4 Å². The highest BCUT2D eigenvalue weighted by Gasteiger charge is 2.25. The van der Waals surface area contributed by atoms with Crippen LogP contribution in [0.25, 0.3) is 22.3 Å². The van der Waals surface area contributed by atoms with Crippen molar-refractivity contribution in [1.29, 1.82) is 0 Å². The average molecular weight is 540 g/mol. The quantitative estimate of drug-likeness (QED) is 0.264. The molecule has 1 fully saturated rings. The van der Waals surface area contributed by atoms with E-state index in [-0.39, 0.29) is 17.6 Å². The molecule has 1 aliphatic rings. The van der Waals surface area contributed by atoms with E-state index in [0.717, 1.165) is 27.8 Å². The maximum Gasteiger partial charge on any atom is 0.291 e. The van der Waals surface area contributed by atoms with Crippen molar-refractivity contribution in [3.05, 3.63) is 107 Å². The van der Waals surface area contributed by atoms with Crippen molar-refractivity contribution in [1.82, 2.24) is 4.90 Å². The molecule has 7 nitrogen and oxygen atoms in total. The maximum absolute atomic E-state index is 12.9. The molecular formula is C31H26ClN3O4. The van der Waals surface area contributed by atoms with E-state index < -0.39 is 0 Å². The van der Waals surface area contributed by atoms with Gasteiger partial charge in [-0.3, -0.25) is 9.59 Å². The summed E-state index contributed by atoms with van der Waals surface area (Å²) in [5, 5.41) is 4.46. The Bertz CT molecular complexity index is 1630. The number of anilines is 2. The number of halogens is 1. The molecule has 0 spiro atoms. The minimum atomic E-state index is -0.329. The number of amides is 2. The molecule has 1 N–H and O–H groups in total. The van der Waals surface area contributed by atoms with Crippen LogP contribution >= 0.6 is 11.6 Å². The molecule has 5 aromatic rings. The van der Waals surface area contributed by atoms with Gasteiger partial charge in [-0.2, -0.15) is 0 Å². The van der Waals surface area contributed by atoms with Crippen molar-refractivity contribution in [3.8, 4) is 11.3 Å². The Kier molecular flexibility index (Phi) is 6.59. The van der Waals surface area contributed by atoms with Gasteiger partial charge < -0.3 is 24.0 Å². The Morgan fingerprint density at radius 3 is 2.33 bits per heavy atom. The van der Waals surface area contributed by atoms with Crippen molar-refractivity contribution in [2.24, 2.45) is 0 Å². The summed E-state index contributed by atoms with van der Waals surface area (Å²) in [6, 6.07) is 26.2. The molecule has 3 aromatic carbocycles. The number of aryl methyl sites for hydroxylation is 1. The highest BCUT2D eigenvalue weighted by atomic mass is 35.5. The third kappa shape index (κ3) is 5.13. The first-order chi connectivity index (χ1) is 18.9. The topological polar surface area (TPSA) is 78.9 Å². The zero-order valence-corrected chi connectivity index (χ0v) is 22.1. The molecular weight excluding hydrogens is 514 g/mol. The van der Waals surface area contributed by atoms with E-state index in [0.29, 0.717) is 48.4 Å². The number of nitrogens with zero attached hydrogens (tertiary/aromatic N) is 2. The van der Waals surface area contributed by atoms with E-state index in [1.165, 1.54) is 0 Å². The molecule has 0 bridgehead atoms. The largest absolute Gasteiger partial charge is 0.451 e. The fraction of sp³-hybridized carbons (Fsp3) is 0.161. The van der Waals surface area contributed by atoms with Gasteiger partial charge in [0, 0.05) is 53.5 Å². The van der Waals surface area contributed by atoms with Gasteiger partial charge in [0.25, 0.3) is 11.8 Å². The number of para-hydroxylation sites is 1. The SMILES string of the molecule is Cc1ccc(-c2ccc(C(=O)Nc3ccc(N4CCN(C(=O)c5cc6ccccc6o5)CC4)cc3)o2)cc1Cl. The first-order valence-electron chi connectivity index (χ1n) is 12.8. The van der Waals surface area contributed by atoms with Crippen LogP contribution in [0.5, 0.6) is 0 Å². The summed E-state index contributed by atoms with van der Waals surface area (Å²) in [6.07, 6.45) is 0. The van der Waals surface area contributed by atoms with E-state index in [2.05, 4.69) is 10.2 Å². The Morgan fingerprint density at radius 2 is 1.59 bits per heavy atom. The molecule has 8 heteroatoms. The third-order valence-corrected chi connectivity index (χ3v) is 7.39. The molecule has 3 heterocycles. The van der Waals surface area contributed by atoms with E-state index >= 15 is 0 Å². The highest BCUT2D eigenvalue weighted by Crippen LogP contribution is 2.28. The zero-order chi connectivity index (χ0) is 26.9. The van der Waals surface area contributed by atoms with Crippen LogP contribution in [0.2, 0.25) is 5.02 Å². The lowest BCUT2D eigenvalue weighted by Crippen LogP contribution is -2.48. The van der Waals surface area contributed by atoms with Crippen LogP contribution in [-0.4, -0.2) is 42.9 Å². The van der Waals surface area contributed by atoms with Crippen molar-refractivity contribution in [2.45, 2.75) is 6.92 Å². The van der Waals surface area contributed by atoms with Crippen molar-refractivity contribution >= 4 is 45.8 Å². The van der Waals surface area contributed by atoms with Gasteiger partial charge in [0.05, 0.1) is 0 Å². The number of hydrogen-bond donors (Lipinski definition) is 1. The fourth-order valence-corrected chi connectivity index (χ4v) is 4.90. The van der Waals surface area contributed by atoms with Crippen molar-refractivity contribution < 1.29 is 18.4 Å². The van der Waals surface area contributed by atoms with Crippen molar-refractivity contribution in [3.63, 3.8) is 0 Å². The summed E-state index contributed by atoms with van der Waals surface area (Å²) in [5.41, 5.74) is 4.20. The van der Waals surface area contributed by atoms with Crippen LogP contribution in [0, 0.1) is 6.92 Å². The smallest absolute Gasteiger partial charge is 0.291 e. The first-order valence-corrected chi connectivity index (χ1v) is 13.1. The van der Waals surface area contributed by atoms with Crippen LogP contribution in [0.4, 0.5) is 11.4 Å². The Balaban J connectivity index is 1.05. The zero-order valence-electron chi connectivity index (χ0n) is 21.3. The number of piperazine rings is 1. The monoisotopic (exact) mass is 539 g/mol. The number of fused-ring (bicyclic) bond motifs is 1. The van der Waals surface area contributed by atoms with Crippen LogP contribution in [-0.2, 0) is 0 Å². The predicted octanol–water partition coefficient (Wildman–Crippen LogP) is 6.87. The Hall–Kier alpha value is -4.49. The van der Waals surface area contributed by atoms with Gasteiger partial charge in [-0.05, 0) is 67.1 Å². The predicted molar refractivity (Wildman–Crippen MR) is 153 cm³/mol. The van der Waals surface area contributed by atoms with E-state index in [9.17, 15) is 9.59 Å². The van der Waals surface area contributed by atoms with E-state index in [1.54, 1.807) is 18.2 Å². The molecule has 1 saturated heterocycles. The van der Waals surface area contributed by atoms with Gasteiger partial charge in [0.2, 0.25) is 0 Å². The Morgan fingerprint density at radius 1 is 0.821 bits per heavy atom. The number of benzene rings is 3. The molecule has 0 saturated carbocycles. The molecule has 0 radical (unpaired) electrons. The van der Waals surface area contributed by atoms with Crippen LogP contribution in [0.15, 0.2) is 93.8 Å². The van der Waals surface area contributed by atoms with Gasteiger partial charge >= 0.3 is 0 Å². The summed E-state index contributed by atoms with van der Waals surface area (Å²) in [7, 11) is 0. The average Bonchev–Trinajstić information content (AvgIpc) is 3.63. The number of furan rings is 2. The summed E-state index contributed by atoms with van der Waals surface area (Å²) >= 11 is 6.22. The molecule has 6 rings (SSSR count). The minimum absolute atomic E-state index is 0.0875. The highest BCUT2D eigenvalue weighted by molar-refractivity contribution is 6.31. The molecule has 0 unspecified atom stereocenters. The molecule has 2 amide bonds. The van der Waals surface area contributed by atoms with Gasteiger partial charge in [-0.1, -0.05) is 41.9 Å². The molecule has 2 aromatic heterocycles. The molecule has 196 valence electrons. The van der Waals surface area contributed by atoms with Crippen LogP contribution < -0.4 is 10.2 Å². The number of carbonyl (C=O) groups excluding carboxylic acids is 2. The summed E-state index contributed by atoms with van der Waals surface area (Å²) in [4.78, 5) is 29.7. The van der Waals surface area contributed by atoms with Gasteiger partial charge in [-0.15, -0.1) is 0 Å². The van der Waals surface area contributed by atoms with Gasteiger partial charge in [0.1, 0.15) is 11.3 Å². The molecule has 1 aliphatic heterocycles. The van der Waals surface area contributed by atoms with Crippen LogP contribution in [0.3, 0.4) is 0 Å². The fourth-order valence-electron chi connectivity index (χ4n) is 4.72. The summed E-state index contributed by atoms with van der Waals surface area (Å²) < 4.78 is 11.5. The second-order valence-electron chi connectivity index (χ2n) is 9.56. The number of hydrogen-bond acceptors (Lipinski definition) is 5. The summed E-state index contributed by atoms with van der Waals surface area (Å²) in [5.74, 6) is 0.753.